The highest BCUT2D eigenvalue weighted by Crippen LogP contribution is 2.22. The van der Waals surface area contributed by atoms with Crippen LogP contribution < -0.4 is 9.64 Å². The minimum atomic E-state index is -0.580. The summed E-state index contributed by atoms with van der Waals surface area (Å²) in [6.45, 7) is 5.00. The summed E-state index contributed by atoms with van der Waals surface area (Å²) in [7, 11) is 0. The molecule has 0 radical (unpaired) electrons. The standard InChI is InChI=1S/C21H25FN2O3/c1-16(25)17-7-8-21(20(22)13-17)24-11-9-23(10-12-24)14-18(26)15-27-19-5-3-2-4-6-19/h2-8,13,18,26H,9-12,14-15H2,1H3. The van der Waals surface area contributed by atoms with E-state index in [0.717, 1.165) is 18.8 Å². The van der Waals surface area contributed by atoms with Crippen LogP contribution in [0, 0.1) is 5.82 Å². The number of aliphatic hydroxyl groups excluding tert-OH is 1. The number of Topliss-reactive ketones (excluding diaryl/α,β-unsaturated/α-hetero) is 1. The number of benzene rings is 2. The zero-order valence-corrected chi connectivity index (χ0v) is 15.5. The van der Waals surface area contributed by atoms with E-state index in [-0.39, 0.29) is 18.2 Å². The maximum absolute atomic E-state index is 14.3. The number of piperazine rings is 1. The molecule has 0 spiro atoms. The zero-order chi connectivity index (χ0) is 19.2. The van der Waals surface area contributed by atoms with Crippen molar-refractivity contribution < 1.29 is 19.0 Å². The molecule has 1 aliphatic heterocycles. The third-order valence-corrected chi connectivity index (χ3v) is 4.72. The van der Waals surface area contributed by atoms with Gasteiger partial charge in [0.2, 0.25) is 0 Å². The molecule has 27 heavy (non-hydrogen) atoms. The first-order valence-electron chi connectivity index (χ1n) is 9.16. The highest BCUT2D eigenvalue weighted by atomic mass is 19.1. The Kier molecular flexibility index (Phi) is 6.42. The smallest absolute Gasteiger partial charge is 0.159 e. The first-order chi connectivity index (χ1) is 13.0. The van der Waals surface area contributed by atoms with Crippen LogP contribution in [0.1, 0.15) is 17.3 Å². The van der Waals surface area contributed by atoms with Gasteiger partial charge in [-0.1, -0.05) is 18.2 Å². The predicted molar refractivity (Wildman–Crippen MR) is 103 cm³/mol. The van der Waals surface area contributed by atoms with E-state index >= 15 is 0 Å². The molecule has 0 bridgehead atoms. The van der Waals surface area contributed by atoms with Crippen molar-refractivity contribution in [2.75, 3.05) is 44.2 Å². The Morgan fingerprint density at radius 2 is 1.85 bits per heavy atom. The zero-order valence-electron chi connectivity index (χ0n) is 15.5. The van der Waals surface area contributed by atoms with E-state index < -0.39 is 6.10 Å². The van der Waals surface area contributed by atoms with E-state index in [2.05, 4.69) is 4.90 Å². The minimum Gasteiger partial charge on any atom is -0.491 e. The van der Waals surface area contributed by atoms with Gasteiger partial charge in [0.05, 0.1) is 5.69 Å². The molecule has 2 aromatic rings. The Hall–Kier alpha value is -2.44. The number of carbonyl (C=O) groups is 1. The molecule has 5 nitrogen and oxygen atoms in total. The Labute approximate surface area is 159 Å². The number of anilines is 1. The molecule has 0 aromatic heterocycles. The summed E-state index contributed by atoms with van der Waals surface area (Å²) in [5, 5.41) is 10.2. The molecule has 0 amide bonds. The maximum atomic E-state index is 14.3. The van der Waals surface area contributed by atoms with Crippen LogP contribution in [-0.4, -0.2) is 61.2 Å². The van der Waals surface area contributed by atoms with Crippen molar-refractivity contribution in [1.29, 1.82) is 0 Å². The molecule has 1 unspecified atom stereocenters. The van der Waals surface area contributed by atoms with Crippen LogP contribution in [0.5, 0.6) is 5.75 Å². The molecule has 1 heterocycles. The Morgan fingerprint density at radius 3 is 2.48 bits per heavy atom. The molecular weight excluding hydrogens is 347 g/mol. The number of nitrogens with zero attached hydrogens (tertiary/aromatic N) is 2. The largest absolute Gasteiger partial charge is 0.491 e. The highest BCUT2D eigenvalue weighted by molar-refractivity contribution is 5.94. The summed E-state index contributed by atoms with van der Waals surface area (Å²) < 4.78 is 19.9. The van der Waals surface area contributed by atoms with E-state index in [1.165, 1.54) is 13.0 Å². The summed E-state index contributed by atoms with van der Waals surface area (Å²) in [5.41, 5.74) is 0.907. The average Bonchev–Trinajstić information content (AvgIpc) is 2.68. The number of ketones is 1. The molecule has 1 N–H and O–H groups in total. The highest BCUT2D eigenvalue weighted by Gasteiger charge is 2.21. The normalized spacial score (nSPS) is 16.2. The Bertz CT molecular complexity index is 761. The summed E-state index contributed by atoms with van der Waals surface area (Å²) in [4.78, 5) is 15.5. The van der Waals surface area contributed by atoms with Crippen molar-refractivity contribution in [3.8, 4) is 5.75 Å². The van der Waals surface area contributed by atoms with Gasteiger partial charge in [0.1, 0.15) is 24.3 Å². The molecule has 1 atom stereocenters. The minimum absolute atomic E-state index is 0.142. The van der Waals surface area contributed by atoms with Crippen LogP contribution in [0.15, 0.2) is 48.5 Å². The van der Waals surface area contributed by atoms with Crippen LogP contribution >= 0.6 is 0 Å². The van der Waals surface area contributed by atoms with E-state index in [9.17, 15) is 14.3 Å². The third-order valence-electron chi connectivity index (χ3n) is 4.72. The van der Waals surface area contributed by atoms with Crippen molar-refractivity contribution in [2.45, 2.75) is 13.0 Å². The molecule has 144 valence electrons. The second kappa shape index (κ2) is 8.97. The van der Waals surface area contributed by atoms with Gasteiger partial charge in [-0.25, -0.2) is 4.39 Å². The van der Waals surface area contributed by atoms with Gasteiger partial charge in [-0.2, -0.15) is 0 Å². The summed E-state index contributed by atoms with van der Waals surface area (Å²) in [6.07, 6.45) is -0.580. The number of hydrogen-bond acceptors (Lipinski definition) is 5. The molecule has 0 aliphatic carbocycles. The third kappa shape index (κ3) is 5.28. The molecule has 0 saturated carbocycles. The van der Waals surface area contributed by atoms with E-state index in [1.54, 1.807) is 12.1 Å². The van der Waals surface area contributed by atoms with Crippen molar-refractivity contribution in [3.05, 3.63) is 59.9 Å². The van der Waals surface area contributed by atoms with Crippen LogP contribution in [-0.2, 0) is 0 Å². The lowest BCUT2D eigenvalue weighted by atomic mass is 10.1. The van der Waals surface area contributed by atoms with Crippen LogP contribution in [0.2, 0.25) is 0 Å². The van der Waals surface area contributed by atoms with Crippen LogP contribution in [0.4, 0.5) is 10.1 Å². The van der Waals surface area contributed by atoms with Crippen molar-refractivity contribution in [3.63, 3.8) is 0 Å². The SMILES string of the molecule is CC(=O)c1ccc(N2CCN(CC(O)COc3ccccc3)CC2)c(F)c1. The number of carbonyl (C=O) groups excluding carboxylic acids is 1. The van der Waals surface area contributed by atoms with Crippen molar-refractivity contribution in [1.82, 2.24) is 4.90 Å². The first-order valence-corrected chi connectivity index (χ1v) is 9.16. The van der Waals surface area contributed by atoms with Crippen LogP contribution in [0.3, 0.4) is 0 Å². The number of halogens is 1. The van der Waals surface area contributed by atoms with Crippen molar-refractivity contribution in [2.24, 2.45) is 0 Å². The summed E-state index contributed by atoms with van der Waals surface area (Å²) in [5.74, 6) is 0.232. The van der Waals surface area contributed by atoms with Gasteiger partial charge >= 0.3 is 0 Å². The topological polar surface area (TPSA) is 53.0 Å². The number of β-amino-alcohol motifs (C(OH)–C–C–N with tert-alkyl or cyclic N) is 1. The second-order valence-electron chi connectivity index (χ2n) is 6.79. The average molecular weight is 372 g/mol. The lowest BCUT2D eigenvalue weighted by Crippen LogP contribution is -2.49. The first kappa shape index (κ1) is 19.3. The number of ether oxygens (including phenoxy) is 1. The van der Waals surface area contributed by atoms with Gasteiger partial charge in [0, 0.05) is 38.3 Å². The number of hydrogen-bond donors (Lipinski definition) is 1. The number of aliphatic hydroxyl groups is 1. The lowest BCUT2D eigenvalue weighted by Gasteiger charge is -2.37. The number of rotatable bonds is 7. The fourth-order valence-electron chi connectivity index (χ4n) is 3.21. The van der Waals surface area contributed by atoms with Crippen molar-refractivity contribution >= 4 is 11.5 Å². The van der Waals surface area contributed by atoms with Gasteiger partial charge in [0.15, 0.2) is 5.78 Å². The molecule has 1 aliphatic rings. The van der Waals surface area contributed by atoms with Gasteiger partial charge in [0.25, 0.3) is 0 Å². The van der Waals surface area contributed by atoms with Gasteiger partial charge in [-0.05, 0) is 37.3 Å². The van der Waals surface area contributed by atoms with E-state index in [4.69, 9.17) is 4.74 Å². The summed E-state index contributed by atoms with van der Waals surface area (Å²) in [6, 6.07) is 14.1. The van der Waals surface area contributed by atoms with Gasteiger partial charge in [-0.3, -0.25) is 9.69 Å². The molecule has 3 rings (SSSR count). The quantitative estimate of drug-likeness (QED) is 0.757. The molecule has 1 saturated heterocycles. The Morgan fingerprint density at radius 1 is 1.15 bits per heavy atom. The fraction of sp³-hybridized carbons (Fsp3) is 0.381. The van der Waals surface area contributed by atoms with Gasteiger partial charge < -0.3 is 14.7 Å². The monoisotopic (exact) mass is 372 g/mol. The predicted octanol–water partition coefficient (Wildman–Crippen LogP) is 2.59. The van der Waals surface area contributed by atoms with Gasteiger partial charge in [-0.15, -0.1) is 0 Å². The van der Waals surface area contributed by atoms with E-state index in [1.807, 2.05) is 35.2 Å². The van der Waals surface area contributed by atoms with Crippen LogP contribution in [0.25, 0.3) is 0 Å². The molecular formula is C21H25FN2O3. The maximum Gasteiger partial charge on any atom is 0.159 e. The second-order valence-corrected chi connectivity index (χ2v) is 6.79. The molecule has 6 heteroatoms. The Balaban J connectivity index is 1.46. The number of para-hydroxylation sites is 1. The molecule has 2 aromatic carbocycles. The van der Waals surface area contributed by atoms with E-state index in [0.29, 0.717) is 30.9 Å². The lowest BCUT2D eigenvalue weighted by molar-refractivity contribution is 0.0662. The fourth-order valence-corrected chi connectivity index (χ4v) is 3.21. The molecule has 1 fully saturated rings. The summed E-state index contributed by atoms with van der Waals surface area (Å²) >= 11 is 0.